The van der Waals surface area contributed by atoms with Crippen LogP contribution in [-0.4, -0.2) is 12.8 Å². The Morgan fingerprint density at radius 2 is 1.69 bits per heavy atom. The SMILES string of the molecule is CC(C)CC(=O)c1ccc([B-](F)(F)F)cc1. The van der Waals surface area contributed by atoms with Gasteiger partial charge in [0.05, 0.1) is 0 Å². The summed E-state index contributed by atoms with van der Waals surface area (Å²) in [6.07, 6.45) is 0.358. The average molecular weight is 229 g/mol. The predicted molar refractivity (Wildman–Crippen MR) is 58.9 cm³/mol. The van der Waals surface area contributed by atoms with E-state index in [2.05, 4.69) is 0 Å². The van der Waals surface area contributed by atoms with Crippen molar-refractivity contribution in [3.63, 3.8) is 0 Å². The van der Waals surface area contributed by atoms with Crippen LogP contribution in [0.5, 0.6) is 0 Å². The molecule has 0 atom stereocenters. The van der Waals surface area contributed by atoms with Crippen molar-refractivity contribution in [1.29, 1.82) is 0 Å². The Kier molecular flexibility index (Phi) is 3.78. The zero-order chi connectivity index (χ0) is 12.3. The molecule has 1 rings (SSSR count). The fourth-order valence-corrected chi connectivity index (χ4v) is 1.38. The number of rotatable bonds is 4. The van der Waals surface area contributed by atoms with Crippen LogP contribution in [-0.2, 0) is 0 Å². The summed E-state index contributed by atoms with van der Waals surface area (Å²) < 4.78 is 36.9. The standard InChI is InChI=1S/C11H13BF3O/c1-8(2)7-11(16)9-3-5-10(6-4-9)12(13,14)15/h3-6,8H,7H2,1-2H3/q-1. The number of halogens is 3. The Morgan fingerprint density at radius 1 is 1.19 bits per heavy atom. The van der Waals surface area contributed by atoms with Crippen LogP contribution in [0.4, 0.5) is 12.9 Å². The Bertz CT molecular complexity index is 368. The van der Waals surface area contributed by atoms with Gasteiger partial charge in [0.2, 0.25) is 0 Å². The fraction of sp³-hybridized carbons (Fsp3) is 0.364. The van der Waals surface area contributed by atoms with E-state index in [1.165, 1.54) is 12.1 Å². The van der Waals surface area contributed by atoms with Crippen LogP contribution >= 0.6 is 0 Å². The van der Waals surface area contributed by atoms with E-state index in [0.29, 0.717) is 12.0 Å². The first-order chi connectivity index (χ1) is 7.30. The molecule has 0 N–H and O–H groups in total. The van der Waals surface area contributed by atoms with Gasteiger partial charge in [-0.2, -0.15) is 0 Å². The lowest BCUT2D eigenvalue weighted by Gasteiger charge is -2.14. The molecule has 0 bridgehead atoms. The van der Waals surface area contributed by atoms with Gasteiger partial charge in [-0.3, -0.25) is 4.79 Å². The van der Waals surface area contributed by atoms with E-state index < -0.39 is 12.4 Å². The molecule has 0 saturated heterocycles. The van der Waals surface area contributed by atoms with Crippen molar-refractivity contribution in [2.24, 2.45) is 5.92 Å². The van der Waals surface area contributed by atoms with E-state index in [-0.39, 0.29) is 11.7 Å². The lowest BCUT2D eigenvalue weighted by Crippen LogP contribution is -2.33. The molecule has 0 fully saturated rings. The van der Waals surface area contributed by atoms with E-state index in [1.807, 2.05) is 13.8 Å². The van der Waals surface area contributed by atoms with Crippen molar-refractivity contribution in [3.8, 4) is 0 Å². The van der Waals surface area contributed by atoms with Gasteiger partial charge in [-0.05, 0) is 5.92 Å². The molecule has 0 unspecified atom stereocenters. The summed E-state index contributed by atoms with van der Waals surface area (Å²) in [6.45, 7) is -1.18. The lowest BCUT2D eigenvalue weighted by molar-refractivity contribution is 0.0968. The van der Waals surface area contributed by atoms with Crippen LogP contribution in [0.3, 0.4) is 0 Å². The van der Waals surface area contributed by atoms with Crippen molar-refractivity contribution in [3.05, 3.63) is 29.8 Å². The normalized spacial score (nSPS) is 11.9. The molecule has 0 heterocycles. The molecule has 0 radical (unpaired) electrons. The summed E-state index contributed by atoms with van der Waals surface area (Å²) >= 11 is 0. The lowest BCUT2D eigenvalue weighted by atomic mass is 9.79. The zero-order valence-corrected chi connectivity index (χ0v) is 9.21. The monoisotopic (exact) mass is 229 g/mol. The molecule has 0 amide bonds. The minimum absolute atomic E-state index is 0.115. The third-order valence-corrected chi connectivity index (χ3v) is 2.20. The van der Waals surface area contributed by atoms with E-state index in [1.54, 1.807) is 0 Å². The second-order valence-corrected chi connectivity index (χ2v) is 4.22. The van der Waals surface area contributed by atoms with Crippen LogP contribution in [0, 0.1) is 5.92 Å². The predicted octanol–water partition coefficient (Wildman–Crippen LogP) is 2.97. The average Bonchev–Trinajstić information content (AvgIpc) is 2.15. The Labute approximate surface area is 92.7 Å². The van der Waals surface area contributed by atoms with Gasteiger partial charge in [0, 0.05) is 12.0 Å². The van der Waals surface area contributed by atoms with Crippen LogP contribution in [0.25, 0.3) is 0 Å². The maximum absolute atomic E-state index is 12.3. The third-order valence-electron chi connectivity index (χ3n) is 2.20. The van der Waals surface area contributed by atoms with Gasteiger partial charge >= 0.3 is 6.98 Å². The van der Waals surface area contributed by atoms with Crippen molar-refractivity contribution in [1.82, 2.24) is 0 Å². The van der Waals surface area contributed by atoms with E-state index in [0.717, 1.165) is 12.1 Å². The Hall–Kier alpha value is -1.26. The van der Waals surface area contributed by atoms with Gasteiger partial charge in [0.25, 0.3) is 0 Å². The maximum Gasteiger partial charge on any atom is 0.509 e. The number of benzene rings is 1. The maximum atomic E-state index is 12.3. The minimum atomic E-state index is -4.97. The molecule has 0 aromatic heterocycles. The highest BCUT2D eigenvalue weighted by Crippen LogP contribution is 2.12. The molecule has 1 nitrogen and oxygen atoms in total. The van der Waals surface area contributed by atoms with Crippen molar-refractivity contribution >= 4 is 18.2 Å². The molecule has 16 heavy (non-hydrogen) atoms. The number of carbonyl (C=O) groups is 1. The summed E-state index contributed by atoms with van der Waals surface area (Å²) in [6, 6.07) is 4.42. The number of Topliss-reactive ketones (excluding diaryl/α,β-unsaturated/α-hetero) is 1. The highest BCUT2D eigenvalue weighted by atomic mass is 19.4. The molecule has 1 aromatic rings. The van der Waals surface area contributed by atoms with E-state index in [4.69, 9.17) is 0 Å². The highest BCUT2D eigenvalue weighted by molar-refractivity contribution is 6.73. The minimum Gasteiger partial charge on any atom is -0.445 e. The quantitative estimate of drug-likeness (QED) is 0.572. The molecule has 1 aromatic carbocycles. The topological polar surface area (TPSA) is 17.1 Å². The summed E-state index contributed by atoms with van der Waals surface area (Å²) in [5.41, 5.74) is -0.321. The molecule has 5 heteroatoms. The van der Waals surface area contributed by atoms with Crippen molar-refractivity contribution < 1.29 is 17.7 Å². The molecule has 0 aliphatic heterocycles. The van der Waals surface area contributed by atoms with Crippen molar-refractivity contribution in [2.75, 3.05) is 0 Å². The first-order valence-corrected chi connectivity index (χ1v) is 5.14. The van der Waals surface area contributed by atoms with Crippen LogP contribution < -0.4 is 5.46 Å². The number of carbonyl (C=O) groups excluding carboxylic acids is 1. The van der Waals surface area contributed by atoms with Gasteiger partial charge in [-0.25, -0.2) is 0 Å². The van der Waals surface area contributed by atoms with Crippen LogP contribution in [0.15, 0.2) is 24.3 Å². The zero-order valence-electron chi connectivity index (χ0n) is 9.21. The van der Waals surface area contributed by atoms with Gasteiger partial charge in [-0.15, -0.1) is 5.46 Å². The molecule has 0 spiro atoms. The van der Waals surface area contributed by atoms with Gasteiger partial charge in [0.15, 0.2) is 5.78 Å². The summed E-state index contributed by atoms with van der Waals surface area (Å²) in [7, 11) is 0. The van der Waals surface area contributed by atoms with Gasteiger partial charge in [0.1, 0.15) is 0 Å². The highest BCUT2D eigenvalue weighted by Gasteiger charge is 2.25. The fourth-order valence-electron chi connectivity index (χ4n) is 1.38. The second-order valence-electron chi connectivity index (χ2n) is 4.22. The first-order valence-electron chi connectivity index (χ1n) is 5.14. The van der Waals surface area contributed by atoms with E-state index in [9.17, 15) is 17.7 Å². The number of hydrogen-bond donors (Lipinski definition) is 0. The van der Waals surface area contributed by atoms with Crippen LogP contribution in [0.1, 0.15) is 30.6 Å². The first kappa shape index (κ1) is 12.8. The number of ketones is 1. The summed E-state index contributed by atoms with van der Waals surface area (Å²) in [4.78, 5) is 11.5. The number of hydrogen-bond acceptors (Lipinski definition) is 1. The molecular formula is C11H13BF3O-. The molecule has 88 valence electrons. The van der Waals surface area contributed by atoms with E-state index >= 15 is 0 Å². The summed E-state index contributed by atoms with van der Waals surface area (Å²) in [5, 5.41) is 0. The summed E-state index contributed by atoms with van der Waals surface area (Å²) in [5.74, 6) is 0.0928. The second kappa shape index (κ2) is 4.72. The van der Waals surface area contributed by atoms with Crippen LogP contribution in [0.2, 0.25) is 0 Å². The largest absolute Gasteiger partial charge is 0.509 e. The molecule has 0 aliphatic carbocycles. The molecular weight excluding hydrogens is 216 g/mol. The van der Waals surface area contributed by atoms with Crippen molar-refractivity contribution in [2.45, 2.75) is 20.3 Å². The molecule has 0 aliphatic rings. The Morgan fingerprint density at radius 3 is 2.06 bits per heavy atom. The Balaban J connectivity index is 2.83. The third kappa shape index (κ3) is 3.40. The van der Waals surface area contributed by atoms with Gasteiger partial charge < -0.3 is 12.9 Å². The molecule has 0 saturated carbocycles. The smallest absolute Gasteiger partial charge is 0.445 e. The van der Waals surface area contributed by atoms with Gasteiger partial charge in [-0.1, -0.05) is 38.1 Å².